The van der Waals surface area contributed by atoms with Gasteiger partial charge in [-0.25, -0.2) is 0 Å². The number of hydrogen-bond donors (Lipinski definition) is 0. The van der Waals surface area contributed by atoms with E-state index in [2.05, 4.69) is 41.8 Å². The minimum Gasteiger partial charge on any atom is -0.373 e. The van der Waals surface area contributed by atoms with E-state index in [0.717, 1.165) is 31.1 Å². The molecule has 1 aromatic rings. The number of nitrogens with zero attached hydrogens (tertiary/aromatic N) is 3. The van der Waals surface area contributed by atoms with Gasteiger partial charge in [0.25, 0.3) is 0 Å². The van der Waals surface area contributed by atoms with E-state index >= 15 is 0 Å². The van der Waals surface area contributed by atoms with Gasteiger partial charge in [0.1, 0.15) is 0 Å². The Balaban J connectivity index is 1.43. The number of rotatable bonds is 4. The summed E-state index contributed by atoms with van der Waals surface area (Å²) in [5.41, 5.74) is 2.05. The second kappa shape index (κ2) is 8.11. The summed E-state index contributed by atoms with van der Waals surface area (Å²) in [6.07, 6.45) is 3.31. The van der Waals surface area contributed by atoms with E-state index in [1.54, 1.807) is 0 Å². The van der Waals surface area contributed by atoms with Gasteiger partial charge in [0.05, 0.1) is 23.8 Å². The number of nitriles is 1. The van der Waals surface area contributed by atoms with Gasteiger partial charge >= 0.3 is 0 Å². The fourth-order valence-corrected chi connectivity index (χ4v) is 4.07. The highest BCUT2D eigenvalue weighted by atomic mass is 16.5. The van der Waals surface area contributed by atoms with Crippen LogP contribution in [0.2, 0.25) is 0 Å². The minimum atomic E-state index is 0.366. The monoisotopic (exact) mass is 327 g/mol. The molecule has 0 N–H and O–H groups in total. The summed E-state index contributed by atoms with van der Waals surface area (Å²) in [6, 6.07) is 10.2. The van der Waals surface area contributed by atoms with Crippen LogP contribution in [0, 0.1) is 17.2 Å². The Morgan fingerprint density at radius 3 is 2.25 bits per heavy atom. The summed E-state index contributed by atoms with van der Waals surface area (Å²) < 4.78 is 5.84. The molecule has 2 heterocycles. The molecule has 130 valence electrons. The highest BCUT2D eigenvalue weighted by Crippen LogP contribution is 2.22. The van der Waals surface area contributed by atoms with E-state index in [1.165, 1.54) is 38.0 Å². The van der Waals surface area contributed by atoms with Gasteiger partial charge < -0.3 is 4.74 Å². The molecule has 2 aliphatic heterocycles. The summed E-state index contributed by atoms with van der Waals surface area (Å²) in [6.45, 7) is 11.1. The van der Waals surface area contributed by atoms with Crippen molar-refractivity contribution in [1.82, 2.24) is 9.80 Å². The molecule has 2 saturated heterocycles. The standard InChI is InChI=1S/C20H29N3O/c1-16-12-23(13-17(2)24-16)15-20-7-9-22(10-8-20)14-19-5-3-18(11-21)4-6-19/h3-6,16-17,20H,7-10,12-15H2,1-2H3/t16-,17+. The van der Waals surface area contributed by atoms with E-state index < -0.39 is 0 Å². The van der Waals surface area contributed by atoms with E-state index in [4.69, 9.17) is 10.00 Å². The van der Waals surface area contributed by atoms with Gasteiger partial charge in [0.2, 0.25) is 0 Å². The molecule has 0 amide bonds. The third-order valence-electron chi connectivity index (χ3n) is 5.21. The van der Waals surface area contributed by atoms with E-state index in [0.29, 0.717) is 12.2 Å². The molecule has 0 aliphatic carbocycles. The molecule has 4 heteroatoms. The van der Waals surface area contributed by atoms with Gasteiger partial charge in [-0.15, -0.1) is 0 Å². The molecule has 0 spiro atoms. The highest BCUT2D eigenvalue weighted by Gasteiger charge is 2.26. The van der Waals surface area contributed by atoms with Gasteiger partial charge in [0, 0.05) is 26.2 Å². The second-order valence-electron chi connectivity index (χ2n) is 7.50. The number of piperidine rings is 1. The lowest BCUT2D eigenvalue weighted by Gasteiger charge is -2.39. The molecule has 4 nitrogen and oxygen atoms in total. The van der Waals surface area contributed by atoms with Crippen molar-refractivity contribution in [2.24, 2.45) is 5.92 Å². The predicted octanol–water partition coefficient (Wildman–Crippen LogP) is 2.88. The third kappa shape index (κ3) is 4.80. The molecule has 24 heavy (non-hydrogen) atoms. The van der Waals surface area contributed by atoms with E-state index in [-0.39, 0.29) is 0 Å². The Bertz CT molecular complexity index is 547. The van der Waals surface area contributed by atoms with Crippen molar-refractivity contribution >= 4 is 0 Å². The molecule has 0 bridgehead atoms. The van der Waals surface area contributed by atoms with E-state index in [1.807, 2.05) is 12.1 Å². The Morgan fingerprint density at radius 1 is 1.04 bits per heavy atom. The maximum absolute atomic E-state index is 8.87. The quantitative estimate of drug-likeness (QED) is 0.852. The van der Waals surface area contributed by atoms with Gasteiger partial charge in [-0.05, 0) is 63.4 Å². The number of hydrogen-bond acceptors (Lipinski definition) is 4. The Labute approximate surface area is 146 Å². The first-order valence-corrected chi connectivity index (χ1v) is 9.21. The SMILES string of the molecule is C[C@@H]1CN(CC2CCN(Cc3ccc(C#N)cc3)CC2)C[C@H](C)O1. The van der Waals surface area contributed by atoms with E-state index in [9.17, 15) is 0 Å². The van der Waals surface area contributed by atoms with Crippen LogP contribution in [0.5, 0.6) is 0 Å². The van der Waals surface area contributed by atoms with Crippen LogP contribution in [0.4, 0.5) is 0 Å². The van der Waals surface area contributed by atoms with Crippen molar-refractivity contribution < 1.29 is 4.74 Å². The first-order valence-electron chi connectivity index (χ1n) is 9.21. The van der Waals surface area contributed by atoms with Gasteiger partial charge in [0.15, 0.2) is 0 Å². The van der Waals surface area contributed by atoms with Crippen molar-refractivity contribution in [3.05, 3.63) is 35.4 Å². The molecule has 1 aromatic carbocycles. The molecule has 2 fully saturated rings. The molecule has 0 radical (unpaired) electrons. The Kier molecular flexibility index (Phi) is 5.89. The van der Waals surface area contributed by atoms with Crippen LogP contribution in [0.1, 0.15) is 37.8 Å². The molecule has 0 aromatic heterocycles. The minimum absolute atomic E-state index is 0.366. The summed E-state index contributed by atoms with van der Waals surface area (Å²) in [5.74, 6) is 0.819. The normalized spacial score (nSPS) is 27.0. The number of benzene rings is 1. The first kappa shape index (κ1) is 17.4. The summed E-state index contributed by atoms with van der Waals surface area (Å²) in [5, 5.41) is 8.87. The van der Waals surface area contributed by atoms with Gasteiger partial charge in [-0.1, -0.05) is 12.1 Å². The molecule has 2 aliphatic rings. The average molecular weight is 327 g/mol. The fourth-order valence-electron chi connectivity index (χ4n) is 4.07. The molecular weight excluding hydrogens is 298 g/mol. The van der Waals surface area contributed by atoms with Crippen LogP contribution < -0.4 is 0 Å². The predicted molar refractivity (Wildman–Crippen MR) is 95.6 cm³/mol. The van der Waals surface area contributed by atoms with Crippen molar-refractivity contribution in [2.75, 3.05) is 32.7 Å². The largest absolute Gasteiger partial charge is 0.373 e. The van der Waals surface area contributed by atoms with Crippen molar-refractivity contribution in [1.29, 1.82) is 5.26 Å². The smallest absolute Gasteiger partial charge is 0.0991 e. The van der Waals surface area contributed by atoms with Crippen LogP contribution in [0.25, 0.3) is 0 Å². The number of likely N-dealkylation sites (tertiary alicyclic amines) is 1. The zero-order valence-corrected chi connectivity index (χ0v) is 14.9. The molecule has 3 rings (SSSR count). The zero-order chi connectivity index (χ0) is 16.9. The summed E-state index contributed by atoms with van der Waals surface area (Å²) in [4.78, 5) is 5.14. The Hall–Kier alpha value is -1.41. The van der Waals surface area contributed by atoms with Crippen LogP contribution >= 0.6 is 0 Å². The third-order valence-corrected chi connectivity index (χ3v) is 5.21. The van der Waals surface area contributed by atoms with Crippen LogP contribution in [-0.4, -0.2) is 54.7 Å². The lowest BCUT2D eigenvalue weighted by molar-refractivity contribution is -0.0732. The maximum atomic E-state index is 8.87. The first-order chi connectivity index (χ1) is 11.6. The lowest BCUT2D eigenvalue weighted by Crippen LogP contribution is -2.48. The van der Waals surface area contributed by atoms with Crippen LogP contribution in [0.3, 0.4) is 0 Å². The lowest BCUT2D eigenvalue weighted by atomic mass is 9.95. The van der Waals surface area contributed by atoms with Crippen molar-refractivity contribution in [3.8, 4) is 6.07 Å². The average Bonchev–Trinajstić information content (AvgIpc) is 2.56. The zero-order valence-electron chi connectivity index (χ0n) is 14.9. The molecule has 0 unspecified atom stereocenters. The van der Waals surface area contributed by atoms with Crippen molar-refractivity contribution in [2.45, 2.75) is 45.4 Å². The highest BCUT2D eigenvalue weighted by molar-refractivity contribution is 5.31. The molecule has 2 atom stereocenters. The van der Waals surface area contributed by atoms with Crippen LogP contribution in [0.15, 0.2) is 24.3 Å². The second-order valence-corrected chi connectivity index (χ2v) is 7.50. The fraction of sp³-hybridized carbons (Fsp3) is 0.650. The van der Waals surface area contributed by atoms with Gasteiger partial charge in [-0.2, -0.15) is 5.26 Å². The van der Waals surface area contributed by atoms with Crippen molar-refractivity contribution in [3.63, 3.8) is 0 Å². The topological polar surface area (TPSA) is 39.5 Å². The summed E-state index contributed by atoms with van der Waals surface area (Å²) in [7, 11) is 0. The number of ether oxygens (including phenoxy) is 1. The van der Waals surface area contributed by atoms with Crippen LogP contribution in [-0.2, 0) is 11.3 Å². The number of morpholine rings is 1. The van der Waals surface area contributed by atoms with Gasteiger partial charge in [-0.3, -0.25) is 9.80 Å². The summed E-state index contributed by atoms with van der Waals surface area (Å²) >= 11 is 0. The Morgan fingerprint density at radius 2 is 1.67 bits per heavy atom. The molecular formula is C20H29N3O. The maximum Gasteiger partial charge on any atom is 0.0991 e. The molecule has 0 saturated carbocycles.